The SMILES string of the molecule is CS(=O)(=O)c1cccnc1N.Cc1cc(N)nc(C)n1.[2H]C([2H])([2H])CC(=O)c1cnc(Cl)cc1Cl.[2H]C([2H])([2H])CC(=O)c1cnc(Nc2cc(C)nc(C)n2)cc1Cl.[2H]C([2H])([2H])CC(=O)c1cnc(Nc2cc(C)nc(C)n2)cc1Nc1ncccc1S(C)(=O)=O. The molecule has 0 bridgehead atoms. The Balaban J connectivity index is 0.000000263. The number of Topliss-reactive ketones (excluding diaryl/α,β-unsaturated/α-hetero) is 3. The maximum Gasteiger partial charge on any atom is 0.179 e. The Hall–Kier alpha value is -8.23. The molecule has 0 unspecified atom stereocenters. The van der Waals surface area contributed by atoms with Gasteiger partial charge >= 0.3 is 0 Å². The summed E-state index contributed by atoms with van der Waals surface area (Å²) in [6.07, 6.45) is 6.80. The number of nitrogens with zero attached hydrogens (tertiary/aromatic N) is 11. The van der Waals surface area contributed by atoms with E-state index in [4.69, 9.17) is 58.6 Å². The van der Waals surface area contributed by atoms with Gasteiger partial charge < -0.3 is 27.4 Å². The van der Waals surface area contributed by atoms with E-state index < -0.39 is 76.8 Å². The van der Waals surface area contributed by atoms with Gasteiger partial charge in [-0.05, 0) is 71.9 Å². The van der Waals surface area contributed by atoms with Crippen molar-refractivity contribution in [1.82, 2.24) is 54.8 Å². The monoisotopic (exact) mass is 1220 g/mol. The van der Waals surface area contributed by atoms with Crippen LogP contribution in [0.15, 0.2) is 101 Å². The fourth-order valence-corrected chi connectivity index (χ4v) is 8.92. The van der Waals surface area contributed by atoms with Crippen LogP contribution in [0.4, 0.5) is 46.4 Å². The first-order valence-electron chi connectivity index (χ1n) is 28.1. The molecule has 0 aromatic carbocycles. The lowest BCUT2D eigenvalue weighted by Crippen LogP contribution is -2.09. The second-order valence-electron chi connectivity index (χ2n) is 17.0. The molecular weight excluding hydrogens is 1160 g/mol. The van der Waals surface area contributed by atoms with Gasteiger partial charge in [0.15, 0.2) is 37.0 Å². The summed E-state index contributed by atoms with van der Waals surface area (Å²) in [5, 5.41) is 9.25. The summed E-state index contributed by atoms with van der Waals surface area (Å²) >= 11 is 17.3. The van der Waals surface area contributed by atoms with Gasteiger partial charge in [0.05, 0.1) is 32.4 Å². The molecule has 0 amide bonds. The summed E-state index contributed by atoms with van der Waals surface area (Å²) in [5.74, 6) is 2.38. The predicted molar refractivity (Wildman–Crippen MR) is 319 cm³/mol. The van der Waals surface area contributed by atoms with Gasteiger partial charge in [0.25, 0.3) is 0 Å². The van der Waals surface area contributed by atoms with E-state index in [0.29, 0.717) is 34.9 Å². The lowest BCUT2D eigenvalue weighted by molar-refractivity contribution is 0.0980. The molecule has 432 valence electrons. The average Bonchev–Trinajstić information content (AvgIpc) is 0.860. The van der Waals surface area contributed by atoms with E-state index in [2.05, 4.69) is 70.8 Å². The molecule has 7 N–H and O–H groups in total. The number of aryl methyl sites for hydroxylation is 6. The van der Waals surface area contributed by atoms with Crippen LogP contribution in [0.25, 0.3) is 0 Å². The lowest BCUT2D eigenvalue weighted by Gasteiger charge is -2.14. The van der Waals surface area contributed by atoms with Gasteiger partial charge in [-0.3, -0.25) is 14.4 Å². The third-order valence-corrected chi connectivity index (χ3v) is 13.1. The number of sulfone groups is 2. The quantitative estimate of drug-likeness (QED) is 0.0499. The van der Waals surface area contributed by atoms with Crippen LogP contribution in [0.5, 0.6) is 0 Å². The summed E-state index contributed by atoms with van der Waals surface area (Å²) < 4.78 is 111. The molecule has 0 aliphatic rings. The smallest absolute Gasteiger partial charge is 0.179 e. The molecule has 8 rings (SSSR count). The van der Waals surface area contributed by atoms with Crippen LogP contribution in [-0.2, 0) is 19.7 Å². The Bertz CT molecular complexity index is 4090. The standard InChI is InChI=1S/C20H22N6O3S.C14H15ClN4O.C8H7Cl2NO.C6H9N3.C6H8N2O2S/c1-5-16(27)14-11-22-18(26-19-9-12(2)23-13(3)24-19)10-15(14)25-20-17(30(4,28)29)7-6-8-21-20;1-4-12(20)10-7-16-13(6-11(10)15)19-14-5-8(2)17-9(3)18-14;1-2-7(12)5-4-11-8(10)3-6(5)9;1-4-3-6(7)9-5(2)8-4;1-11(9,10)5-3-2-4-8-6(5)7/h6-11H,5H2,1-4H3,(H2,21,22,23,24,25,26);5-7H,4H2,1-3H3,(H,16,17,18,19);3-4H,2H2,1H3;3H,1-2H3,(H2,7,8,9);2-4H,1H3,(H2,7,8)/i3*1D3;;. The first-order chi connectivity index (χ1) is 41.9. The van der Waals surface area contributed by atoms with E-state index in [-0.39, 0.29) is 64.8 Å². The topological polar surface area (TPSA) is 349 Å². The lowest BCUT2D eigenvalue weighted by atomic mass is 10.1. The highest BCUT2D eigenvalue weighted by Crippen LogP contribution is 2.29. The molecule has 0 aliphatic carbocycles. The molecule has 8 aromatic rings. The van der Waals surface area contributed by atoms with Crippen molar-refractivity contribution in [3.63, 3.8) is 0 Å². The van der Waals surface area contributed by atoms with Gasteiger partial charge in [-0.1, -0.05) is 55.4 Å². The highest BCUT2D eigenvalue weighted by Gasteiger charge is 2.19. The molecule has 23 nitrogen and oxygen atoms in total. The van der Waals surface area contributed by atoms with Crippen LogP contribution in [-0.4, -0.2) is 102 Å². The number of nitrogens with one attached hydrogen (secondary N) is 3. The van der Waals surface area contributed by atoms with Crippen molar-refractivity contribution in [3.8, 4) is 0 Å². The number of halogens is 3. The number of carbonyl (C=O) groups excluding carboxylic acids is 3. The van der Waals surface area contributed by atoms with Gasteiger partial charge in [-0.2, -0.15) is 0 Å². The molecule has 0 spiro atoms. The highest BCUT2D eigenvalue weighted by atomic mass is 35.5. The molecule has 82 heavy (non-hydrogen) atoms. The average molecular weight is 1230 g/mol. The van der Waals surface area contributed by atoms with Crippen molar-refractivity contribution in [3.05, 3.63) is 158 Å². The van der Waals surface area contributed by atoms with Crippen molar-refractivity contribution >= 4 is 118 Å². The minimum atomic E-state index is -3.63. The molecule has 8 aromatic heterocycles. The molecule has 28 heteroatoms. The Kier molecular flexibility index (Phi) is 19.8. The van der Waals surface area contributed by atoms with Crippen LogP contribution in [0.2, 0.25) is 15.2 Å². The van der Waals surface area contributed by atoms with E-state index in [9.17, 15) is 31.2 Å². The minimum Gasteiger partial charge on any atom is -0.384 e. The number of hydrogen-bond acceptors (Lipinski definition) is 23. The van der Waals surface area contributed by atoms with Crippen molar-refractivity contribution in [2.75, 3.05) is 39.9 Å². The van der Waals surface area contributed by atoms with E-state index in [1.54, 1.807) is 32.0 Å². The van der Waals surface area contributed by atoms with Gasteiger partial charge in [0, 0.05) is 123 Å². The zero-order valence-corrected chi connectivity index (χ0v) is 49.1. The summed E-state index contributed by atoms with van der Waals surface area (Å²) in [5.41, 5.74) is 13.5. The molecule has 0 radical (unpaired) electrons. The number of pyridine rings is 5. The first-order valence-corrected chi connectivity index (χ1v) is 28.5. The van der Waals surface area contributed by atoms with Crippen molar-refractivity contribution in [1.29, 1.82) is 0 Å². The van der Waals surface area contributed by atoms with E-state index >= 15 is 0 Å². The number of hydrogen-bond donors (Lipinski definition) is 5. The highest BCUT2D eigenvalue weighted by molar-refractivity contribution is 7.91. The zero-order chi connectivity index (χ0) is 68.6. The van der Waals surface area contributed by atoms with Crippen LogP contribution < -0.4 is 27.4 Å². The van der Waals surface area contributed by atoms with E-state index in [1.165, 1.54) is 73.4 Å². The third-order valence-electron chi connectivity index (χ3n) is 10.0. The molecule has 0 saturated heterocycles. The Morgan fingerprint density at radius 1 is 0.512 bits per heavy atom. The summed E-state index contributed by atoms with van der Waals surface area (Å²) in [4.78, 5) is 80.6. The summed E-state index contributed by atoms with van der Waals surface area (Å²) in [7, 11) is -6.85. The molecule has 0 saturated carbocycles. The Labute approximate surface area is 503 Å². The largest absolute Gasteiger partial charge is 0.384 e. The van der Waals surface area contributed by atoms with E-state index in [0.717, 1.165) is 35.4 Å². The number of rotatable bonds is 14. The van der Waals surface area contributed by atoms with Gasteiger partial charge in [0.2, 0.25) is 0 Å². The first kappa shape index (κ1) is 53.1. The normalized spacial score (nSPS) is 12.7. The maximum atomic E-state index is 12.7. The van der Waals surface area contributed by atoms with Crippen LogP contribution in [0.3, 0.4) is 0 Å². The Morgan fingerprint density at radius 2 is 0.951 bits per heavy atom. The number of ketones is 3. The maximum absolute atomic E-state index is 12.7. The van der Waals surface area contributed by atoms with Gasteiger partial charge in [-0.15, -0.1) is 0 Å². The number of nitrogen functional groups attached to an aromatic ring is 2. The number of anilines is 8. The fourth-order valence-electron chi connectivity index (χ4n) is 6.65. The number of carbonyl (C=O) groups is 3. The van der Waals surface area contributed by atoms with Crippen LogP contribution in [0, 0.1) is 41.5 Å². The van der Waals surface area contributed by atoms with E-state index in [1.807, 2.05) is 27.7 Å². The number of aromatic nitrogens is 11. The summed E-state index contributed by atoms with van der Waals surface area (Å²) in [6, 6.07) is 15.2. The second-order valence-corrected chi connectivity index (χ2v) is 22.1. The van der Waals surface area contributed by atoms with Gasteiger partial charge in [-0.25, -0.2) is 71.7 Å². The minimum absolute atomic E-state index is 0.00573. The molecule has 0 fully saturated rings. The third kappa shape index (κ3) is 21.0. The van der Waals surface area contributed by atoms with Crippen molar-refractivity contribution in [2.24, 2.45) is 0 Å². The molecule has 8 heterocycles. The Morgan fingerprint density at radius 3 is 1.39 bits per heavy atom. The summed E-state index contributed by atoms with van der Waals surface area (Å²) in [6.45, 7) is 3.76. The van der Waals surface area contributed by atoms with Crippen molar-refractivity contribution < 1.29 is 43.6 Å². The van der Waals surface area contributed by atoms with Crippen LogP contribution >= 0.6 is 34.8 Å². The molecule has 0 aliphatic heterocycles. The number of nitrogens with two attached hydrogens (primary N) is 2. The second kappa shape index (κ2) is 30.5. The van der Waals surface area contributed by atoms with Gasteiger partial charge in [0.1, 0.15) is 73.1 Å². The molecule has 0 atom stereocenters. The zero-order valence-electron chi connectivity index (χ0n) is 54.2. The molecular formula is C54H61Cl3N16O7S2. The predicted octanol–water partition coefficient (Wildman–Crippen LogP) is 10.6. The van der Waals surface area contributed by atoms with Crippen LogP contribution in [0.1, 0.15) is 118 Å². The van der Waals surface area contributed by atoms with Crippen molar-refractivity contribution in [2.45, 2.75) is 91.2 Å². The fraction of sp³-hybridized carbons (Fsp3) is 0.259.